The molecule has 6 nitrogen and oxygen atoms in total. The first-order chi connectivity index (χ1) is 12.2. The van der Waals surface area contributed by atoms with E-state index in [0.29, 0.717) is 19.0 Å². The standard InChI is InChI=1S/C19H31N5O/c1-4-15(5-2)12-22-19(20-3)23-13-16-6-8-17(9-7-16)24-11-10-21-18(25)14-24/h6-9,15H,4-5,10-14H2,1-3H3,(H,21,25)(H2,20,22,23). The molecule has 6 heteroatoms. The first kappa shape index (κ1) is 19.1. The molecule has 0 atom stereocenters. The Kier molecular flexibility index (Phi) is 7.57. The van der Waals surface area contributed by atoms with Gasteiger partial charge in [0.2, 0.25) is 5.91 Å². The van der Waals surface area contributed by atoms with E-state index in [2.05, 4.69) is 64.0 Å². The average molecular weight is 345 g/mol. The van der Waals surface area contributed by atoms with Crippen LogP contribution in [0.5, 0.6) is 0 Å². The smallest absolute Gasteiger partial charge is 0.239 e. The number of carbonyl (C=O) groups is 1. The number of benzene rings is 1. The van der Waals surface area contributed by atoms with Crippen molar-refractivity contribution in [2.75, 3.05) is 38.1 Å². The van der Waals surface area contributed by atoms with Crippen LogP contribution in [0.2, 0.25) is 0 Å². The van der Waals surface area contributed by atoms with Crippen LogP contribution in [0.25, 0.3) is 0 Å². The molecule has 1 saturated heterocycles. The number of hydrogen-bond acceptors (Lipinski definition) is 3. The van der Waals surface area contributed by atoms with E-state index in [-0.39, 0.29) is 5.91 Å². The molecular formula is C19H31N5O. The molecule has 138 valence electrons. The number of hydrogen-bond donors (Lipinski definition) is 3. The summed E-state index contributed by atoms with van der Waals surface area (Å²) in [5, 5.41) is 9.60. The van der Waals surface area contributed by atoms with Gasteiger partial charge in [-0.3, -0.25) is 9.79 Å². The van der Waals surface area contributed by atoms with Crippen LogP contribution in [0, 0.1) is 5.92 Å². The molecule has 1 amide bonds. The van der Waals surface area contributed by atoms with Gasteiger partial charge in [0.15, 0.2) is 5.96 Å². The zero-order valence-electron chi connectivity index (χ0n) is 15.6. The van der Waals surface area contributed by atoms with Gasteiger partial charge in [0.05, 0.1) is 6.54 Å². The van der Waals surface area contributed by atoms with Gasteiger partial charge >= 0.3 is 0 Å². The fourth-order valence-electron chi connectivity index (χ4n) is 2.91. The maximum Gasteiger partial charge on any atom is 0.239 e. The molecule has 25 heavy (non-hydrogen) atoms. The Morgan fingerprint density at radius 3 is 2.56 bits per heavy atom. The van der Waals surface area contributed by atoms with Gasteiger partial charge in [0.25, 0.3) is 0 Å². The van der Waals surface area contributed by atoms with E-state index in [1.807, 2.05) is 0 Å². The molecule has 0 radical (unpaired) electrons. The molecular weight excluding hydrogens is 314 g/mol. The van der Waals surface area contributed by atoms with Crippen LogP contribution in [-0.2, 0) is 11.3 Å². The molecule has 1 aliphatic rings. The molecule has 1 aromatic carbocycles. The molecule has 0 unspecified atom stereocenters. The Morgan fingerprint density at radius 1 is 1.24 bits per heavy atom. The molecule has 1 heterocycles. The van der Waals surface area contributed by atoms with Crippen molar-refractivity contribution < 1.29 is 4.79 Å². The van der Waals surface area contributed by atoms with Crippen molar-refractivity contribution in [2.45, 2.75) is 33.2 Å². The van der Waals surface area contributed by atoms with Gasteiger partial charge < -0.3 is 20.9 Å². The normalized spacial score (nSPS) is 15.3. The average Bonchev–Trinajstić information content (AvgIpc) is 2.65. The van der Waals surface area contributed by atoms with Crippen LogP contribution in [0.3, 0.4) is 0 Å². The molecule has 0 saturated carbocycles. The van der Waals surface area contributed by atoms with E-state index >= 15 is 0 Å². The minimum absolute atomic E-state index is 0.0873. The predicted octanol–water partition coefficient (Wildman–Crippen LogP) is 1.72. The first-order valence-corrected chi connectivity index (χ1v) is 9.21. The second-order valence-corrected chi connectivity index (χ2v) is 6.43. The molecule has 1 fully saturated rings. The number of rotatable bonds is 7. The largest absolute Gasteiger partial charge is 0.360 e. The number of carbonyl (C=O) groups excluding carboxylic acids is 1. The van der Waals surface area contributed by atoms with E-state index in [0.717, 1.165) is 31.3 Å². The number of anilines is 1. The van der Waals surface area contributed by atoms with E-state index in [9.17, 15) is 4.79 Å². The molecule has 2 rings (SSSR count). The highest BCUT2D eigenvalue weighted by molar-refractivity contribution is 5.82. The Morgan fingerprint density at radius 2 is 1.96 bits per heavy atom. The minimum Gasteiger partial charge on any atom is -0.360 e. The summed E-state index contributed by atoms with van der Waals surface area (Å²) in [6, 6.07) is 8.36. The summed E-state index contributed by atoms with van der Waals surface area (Å²) in [6.07, 6.45) is 2.35. The Bertz CT molecular complexity index is 566. The van der Waals surface area contributed by atoms with Crippen molar-refractivity contribution in [3.8, 4) is 0 Å². The summed E-state index contributed by atoms with van der Waals surface area (Å²) < 4.78 is 0. The molecule has 0 aromatic heterocycles. The van der Waals surface area contributed by atoms with Gasteiger partial charge in [-0.25, -0.2) is 0 Å². The maximum atomic E-state index is 11.5. The number of nitrogens with one attached hydrogen (secondary N) is 3. The maximum absolute atomic E-state index is 11.5. The van der Waals surface area contributed by atoms with Gasteiger partial charge in [0, 0.05) is 38.9 Å². The van der Waals surface area contributed by atoms with Crippen molar-refractivity contribution in [1.29, 1.82) is 0 Å². The van der Waals surface area contributed by atoms with Gasteiger partial charge in [-0.05, 0) is 23.6 Å². The zero-order valence-corrected chi connectivity index (χ0v) is 15.6. The summed E-state index contributed by atoms with van der Waals surface area (Å²) in [6.45, 7) is 8.12. The van der Waals surface area contributed by atoms with E-state index < -0.39 is 0 Å². The van der Waals surface area contributed by atoms with E-state index in [1.54, 1.807) is 7.05 Å². The Hall–Kier alpha value is -2.24. The van der Waals surface area contributed by atoms with Crippen molar-refractivity contribution in [3.05, 3.63) is 29.8 Å². The van der Waals surface area contributed by atoms with Crippen LogP contribution in [0.4, 0.5) is 5.69 Å². The second-order valence-electron chi connectivity index (χ2n) is 6.43. The second kappa shape index (κ2) is 9.91. The molecule has 1 aliphatic heterocycles. The Balaban J connectivity index is 1.83. The zero-order chi connectivity index (χ0) is 18.1. The van der Waals surface area contributed by atoms with Crippen molar-refractivity contribution in [1.82, 2.24) is 16.0 Å². The quantitative estimate of drug-likeness (QED) is 0.520. The lowest BCUT2D eigenvalue weighted by molar-refractivity contribution is -0.120. The van der Waals surface area contributed by atoms with Crippen molar-refractivity contribution in [2.24, 2.45) is 10.9 Å². The molecule has 0 bridgehead atoms. The van der Waals surface area contributed by atoms with Crippen LogP contribution in [0.1, 0.15) is 32.3 Å². The van der Waals surface area contributed by atoms with Crippen LogP contribution in [-0.4, -0.2) is 45.1 Å². The third-order valence-electron chi connectivity index (χ3n) is 4.74. The van der Waals surface area contributed by atoms with Gasteiger partial charge in [-0.1, -0.05) is 38.8 Å². The lowest BCUT2D eigenvalue weighted by atomic mass is 10.0. The summed E-state index contributed by atoms with van der Waals surface area (Å²) in [4.78, 5) is 17.9. The van der Waals surface area contributed by atoms with Crippen LogP contribution < -0.4 is 20.9 Å². The molecule has 3 N–H and O–H groups in total. The van der Waals surface area contributed by atoms with Crippen molar-refractivity contribution in [3.63, 3.8) is 0 Å². The third-order valence-corrected chi connectivity index (χ3v) is 4.74. The number of aliphatic imine (C=N–C) groups is 1. The highest BCUT2D eigenvalue weighted by atomic mass is 16.2. The number of amides is 1. The highest BCUT2D eigenvalue weighted by Gasteiger charge is 2.16. The third kappa shape index (κ3) is 5.96. The van der Waals surface area contributed by atoms with Gasteiger partial charge in [-0.2, -0.15) is 0 Å². The SMILES string of the molecule is CCC(CC)CNC(=NC)NCc1ccc(N2CCNC(=O)C2)cc1. The fraction of sp³-hybridized carbons (Fsp3) is 0.579. The summed E-state index contributed by atoms with van der Waals surface area (Å²) in [7, 11) is 1.80. The molecule has 1 aromatic rings. The monoisotopic (exact) mass is 345 g/mol. The summed E-state index contributed by atoms with van der Waals surface area (Å²) in [5.74, 6) is 1.60. The first-order valence-electron chi connectivity index (χ1n) is 9.21. The Labute approximate surface area is 151 Å². The number of nitrogens with zero attached hydrogens (tertiary/aromatic N) is 2. The van der Waals surface area contributed by atoms with Gasteiger partial charge in [-0.15, -0.1) is 0 Å². The molecule has 0 spiro atoms. The minimum atomic E-state index is 0.0873. The van der Waals surface area contributed by atoms with Gasteiger partial charge in [0.1, 0.15) is 0 Å². The lowest BCUT2D eigenvalue weighted by Crippen LogP contribution is -2.47. The number of piperazine rings is 1. The summed E-state index contributed by atoms with van der Waals surface area (Å²) in [5.41, 5.74) is 2.28. The fourth-order valence-corrected chi connectivity index (χ4v) is 2.91. The van der Waals surface area contributed by atoms with E-state index in [4.69, 9.17) is 0 Å². The van der Waals surface area contributed by atoms with Crippen molar-refractivity contribution >= 4 is 17.6 Å². The van der Waals surface area contributed by atoms with Crippen LogP contribution in [0.15, 0.2) is 29.3 Å². The summed E-state index contributed by atoms with van der Waals surface area (Å²) >= 11 is 0. The topological polar surface area (TPSA) is 68.8 Å². The van der Waals surface area contributed by atoms with Crippen LogP contribution >= 0.6 is 0 Å². The predicted molar refractivity (Wildman–Crippen MR) is 104 cm³/mol. The molecule has 0 aliphatic carbocycles. The number of guanidine groups is 1. The van der Waals surface area contributed by atoms with E-state index in [1.165, 1.54) is 18.4 Å². The lowest BCUT2D eigenvalue weighted by Gasteiger charge is -2.28. The highest BCUT2D eigenvalue weighted by Crippen LogP contribution is 2.16.